The molecule has 18 heavy (non-hydrogen) atoms. The largest absolute Gasteiger partial charge is 0.322 e. The molecule has 2 aromatic heterocycles. The fraction of sp³-hybridized carbons (Fsp3) is 0.250. The lowest BCUT2D eigenvalue weighted by Gasteiger charge is -2.12. The fourth-order valence-corrected chi connectivity index (χ4v) is 1.53. The molecule has 1 amide bonds. The number of rotatable bonds is 3. The van der Waals surface area contributed by atoms with Crippen molar-refractivity contribution >= 4 is 11.6 Å². The summed E-state index contributed by atoms with van der Waals surface area (Å²) in [6.45, 7) is 3.50. The molecule has 6 heteroatoms. The van der Waals surface area contributed by atoms with Gasteiger partial charge in [0.1, 0.15) is 5.82 Å². The topological polar surface area (TPSA) is 85.8 Å². The number of imidazole rings is 1. The van der Waals surface area contributed by atoms with E-state index in [1.807, 2.05) is 6.92 Å². The molecule has 0 aliphatic rings. The van der Waals surface area contributed by atoms with E-state index >= 15 is 0 Å². The maximum atomic E-state index is 11.6. The normalized spacial score (nSPS) is 12.2. The number of carbonyl (C=O) groups excluding carboxylic acids is 1. The molecule has 6 nitrogen and oxygen atoms in total. The third-order valence-corrected chi connectivity index (χ3v) is 2.51. The first kappa shape index (κ1) is 12.3. The quantitative estimate of drug-likeness (QED) is 0.839. The Kier molecular flexibility index (Phi) is 3.38. The van der Waals surface area contributed by atoms with Crippen molar-refractivity contribution in [1.82, 2.24) is 14.5 Å². The molecule has 2 aromatic rings. The van der Waals surface area contributed by atoms with E-state index < -0.39 is 6.04 Å². The summed E-state index contributed by atoms with van der Waals surface area (Å²) in [6.07, 6.45) is 5.14. The van der Waals surface area contributed by atoms with Gasteiger partial charge in [0.05, 0.1) is 11.7 Å². The van der Waals surface area contributed by atoms with Crippen LogP contribution in [0.5, 0.6) is 0 Å². The molecular formula is C12H15N5O. The smallest absolute Gasteiger partial charge is 0.241 e. The molecule has 1 atom stereocenters. The van der Waals surface area contributed by atoms with Crippen LogP contribution in [0.2, 0.25) is 0 Å². The number of aromatic nitrogens is 3. The fourth-order valence-electron chi connectivity index (χ4n) is 1.53. The van der Waals surface area contributed by atoms with E-state index in [1.165, 1.54) is 0 Å². The second-order valence-corrected chi connectivity index (χ2v) is 4.00. The minimum Gasteiger partial charge on any atom is -0.322 e. The molecule has 0 saturated heterocycles. The van der Waals surface area contributed by atoms with E-state index in [-0.39, 0.29) is 5.91 Å². The Morgan fingerprint density at radius 1 is 1.44 bits per heavy atom. The summed E-state index contributed by atoms with van der Waals surface area (Å²) in [6, 6.07) is 2.97. The van der Waals surface area contributed by atoms with Crippen molar-refractivity contribution in [2.24, 2.45) is 5.73 Å². The number of anilines is 1. The van der Waals surface area contributed by atoms with Crippen molar-refractivity contribution in [3.8, 4) is 5.82 Å². The van der Waals surface area contributed by atoms with E-state index in [1.54, 1.807) is 42.2 Å². The van der Waals surface area contributed by atoms with Crippen LogP contribution in [-0.4, -0.2) is 26.5 Å². The highest BCUT2D eigenvalue weighted by atomic mass is 16.2. The first-order valence-corrected chi connectivity index (χ1v) is 5.61. The van der Waals surface area contributed by atoms with Crippen molar-refractivity contribution < 1.29 is 4.79 Å². The van der Waals surface area contributed by atoms with E-state index in [0.29, 0.717) is 11.5 Å². The second-order valence-electron chi connectivity index (χ2n) is 4.00. The molecule has 2 rings (SSSR count). The number of amides is 1. The van der Waals surface area contributed by atoms with Gasteiger partial charge in [0.2, 0.25) is 5.91 Å². The Morgan fingerprint density at radius 3 is 2.83 bits per heavy atom. The summed E-state index contributed by atoms with van der Waals surface area (Å²) >= 11 is 0. The molecule has 2 heterocycles. The Hall–Kier alpha value is -2.21. The molecule has 0 radical (unpaired) electrons. The molecule has 0 aliphatic carbocycles. The van der Waals surface area contributed by atoms with Gasteiger partial charge in [-0.15, -0.1) is 0 Å². The molecule has 0 fully saturated rings. The Labute approximate surface area is 105 Å². The van der Waals surface area contributed by atoms with Crippen LogP contribution in [0.3, 0.4) is 0 Å². The summed E-state index contributed by atoms with van der Waals surface area (Å²) in [5.41, 5.74) is 6.14. The molecule has 0 saturated carbocycles. The van der Waals surface area contributed by atoms with Gasteiger partial charge in [-0.25, -0.2) is 9.97 Å². The highest BCUT2D eigenvalue weighted by molar-refractivity contribution is 5.95. The third kappa shape index (κ3) is 2.38. The predicted molar refractivity (Wildman–Crippen MR) is 68.4 cm³/mol. The van der Waals surface area contributed by atoms with Crippen LogP contribution in [0.15, 0.2) is 30.7 Å². The van der Waals surface area contributed by atoms with Gasteiger partial charge in [-0.2, -0.15) is 0 Å². The lowest BCUT2D eigenvalue weighted by atomic mass is 10.3. The summed E-state index contributed by atoms with van der Waals surface area (Å²) < 4.78 is 1.80. The van der Waals surface area contributed by atoms with Gasteiger partial charge in [-0.1, -0.05) is 0 Å². The van der Waals surface area contributed by atoms with Gasteiger partial charge < -0.3 is 11.1 Å². The third-order valence-electron chi connectivity index (χ3n) is 2.51. The van der Waals surface area contributed by atoms with Gasteiger partial charge in [-0.3, -0.25) is 9.36 Å². The monoisotopic (exact) mass is 245 g/mol. The number of nitrogens with zero attached hydrogens (tertiary/aromatic N) is 3. The maximum Gasteiger partial charge on any atom is 0.241 e. The summed E-state index contributed by atoms with van der Waals surface area (Å²) in [7, 11) is 0. The number of nitrogens with one attached hydrogen (secondary N) is 1. The average Bonchev–Trinajstić information content (AvgIpc) is 2.76. The van der Waals surface area contributed by atoms with Crippen LogP contribution in [0, 0.1) is 6.92 Å². The van der Waals surface area contributed by atoms with Gasteiger partial charge in [0.15, 0.2) is 5.82 Å². The molecule has 94 valence electrons. The Morgan fingerprint density at radius 2 is 2.22 bits per heavy atom. The van der Waals surface area contributed by atoms with Crippen LogP contribution in [-0.2, 0) is 4.79 Å². The van der Waals surface area contributed by atoms with Crippen molar-refractivity contribution in [2.75, 3.05) is 5.32 Å². The van der Waals surface area contributed by atoms with Gasteiger partial charge in [0, 0.05) is 18.6 Å². The van der Waals surface area contributed by atoms with E-state index in [2.05, 4.69) is 15.3 Å². The molecule has 1 unspecified atom stereocenters. The van der Waals surface area contributed by atoms with Crippen molar-refractivity contribution in [1.29, 1.82) is 0 Å². The average molecular weight is 245 g/mol. The van der Waals surface area contributed by atoms with Crippen LogP contribution in [0.1, 0.15) is 12.7 Å². The van der Waals surface area contributed by atoms with Crippen LogP contribution >= 0.6 is 0 Å². The van der Waals surface area contributed by atoms with E-state index in [4.69, 9.17) is 5.73 Å². The number of hydrogen-bond donors (Lipinski definition) is 2. The van der Waals surface area contributed by atoms with Crippen LogP contribution in [0.25, 0.3) is 5.82 Å². The Balaban J connectivity index is 2.38. The lowest BCUT2D eigenvalue weighted by Crippen LogP contribution is -2.32. The molecule has 0 bridgehead atoms. The van der Waals surface area contributed by atoms with Crippen molar-refractivity contribution in [2.45, 2.75) is 19.9 Å². The van der Waals surface area contributed by atoms with Crippen LogP contribution in [0.4, 0.5) is 5.69 Å². The summed E-state index contributed by atoms with van der Waals surface area (Å²) in [5.74, 6) is 1.17. The maximum absolute atomic E-state index is 11.6. The number of aryl methyl sites for hydroxylation is 1. The number of carbonyl (C=O) groups is 1. The highest BCUT2D eigenvalue weighted by Gasteiger charge is 2.12. The first-order valence-electron chi connectivity index (χ1n) is 5.61. The molecule has 0 spiro atoms. The zero-order chi connectivity index (χ0) is 13.1. The number of pyridine rings is 1. The highest BCUT2D eigenvalue weighted by Crippen LogP contribution is 2.18. The number of hydrogen-bond acceptors (Lipinski definition) is 4. The minimum atomic E-state index is -0.568. The van der Waals surface area contributed by atoms with Gasteiger partial charge in [0.25, 0.3) is 0 Å². The van der Waals surface area contributed by atoms with Gasteiger partial charge in [-0.05, 0) is 26.0 Å². The van der Waals surface area contributed by atoms with Gasteiger partial charge >= 0.3 is 0 Å². The SMILES string of the molecule is Cc1nccn1-c1ncccc1NC(=O)C(C)N. The summed E-state index contributed by atoms with van der Waals surface area (Å²) in [4.78, 5) is 20.0. The van der Waals surface area contributed by atoms with Crippen LogP contribution < -0.4 is 11.1 Å². The standard InChI is InChI=1S/C12H15N5O/c1-8(13)12(18)16-10-4-3-5-15-11(10)17-7-6-14-9(17)2/h3-8H,13H2,1-2H3,(H,16,18). The van der Waals surface area contributed by atoms with E-state index in [0.717, 1.165) is 5.82 Å². The first-order chi connectivity index (χ1) is 8.59. The summed E-state index contributed by atoms with van der Waals surface area (Å²) in [5, 5.41) is 2.75. The minimum absolute atomic E-state index is 0.248. The molecule has 0 aromatic carbocycles. The zero-order valence-electron chi connectivity index (χ0n) is 10.3. The zero-order valence-corrected chi connectivity index (χ0v) is 10.3. The van der Waals surface area contributed by atoms with E-state index in [9.17, 15) is 4.79 Å². The van der Waals surface area contributed by atoms with Crippen molar-refractivity contribution in [3.63, 3.8) is 0 Å². The number of nitrogens with two attached hydrogens (primary N) is 1. The lowest BCUT2D eigenvalue weighted by molar-refractivity contribution is -0.117. The van der Waals surface area contributed by atoms with Crippen molar-refractivity contribution in [3.05, 3.63) is 36.5 Å². The molecular weight excluding hydrogens is 230 g/mol. The second kappa shape index (κ2) is 4.97. The predicted octanol–water partition coefficient (Wildman–Crippen LogP) is 0.861. The molecule has 3 N–H and O–H groups in total. The molecule has 0 aliphatic heterocycles. The Bertz CT molecular complexity index is 561.